The fourth-order valence-electron chi connectivity index (χ4n) is 2.66. The van der Waals surface area contributed by atoms with Gasteiger partial charge in [0.15, 0.2) is 0 Å². The van der Waals surface area contributed by atoms with E-state index in [9.17, 15) is 9.59 Å². The monoisotopic (exact) mass is 303 g/mol. The molecule has 0 unspecified atom stereocenters. The van der Waals surface area contributed by atoms with Gasteiger partial charge in [-0.15, -0.1) is 0 Å². The van der Waals surface area contributed by atoms with E-state index in [2.05, 4.69) is 24.1 Å². The third kappa shape index (κ3) is 3.64. The summed E-state index contributed by atoms with van der Waals surface area (Å²) < 4.78 is 0. The first-order valence-corrected chi connectivity index (χ1v) is 8.11. The molecular weight excluding hydrogens is 278 g/mol. The molecule has 0 spiro atoms. The van der Waals surface area contributed by atoms with E-state index in [0.29, 0.717) is 19.4 Å². The number of pyridine rings is 1. The molecule has 1 aliphatic rings. The quantitative estimate of drug-likeness (QED) is 0.748. The molecule has 0 atom stereocenters. The Kier molecular flexibility index (Phi) is 5.52. The minimum Gasteiger partial charge on any atom is -0.350 e. The minimum absolute atomic E-state index is 0.00489. The summed E-state index contributed by atoms with van der Waals surface area (Å²) in [4.78, 5) is 31.2. The number of amides is 2. The van der Waals surface area contributed by atoms with E-state index in [0.717, 1.165) is 31.6 Å². The third-order valence-electron chi connectivity index (χ3n) is 4.02. The number of nitrogens with zero attached hydrogens (tertiary/aromatic N) is 2. The summed E-state index contributed by atoms with van der Waals surface area (Å²) in [5.74, 6) is -0.157. The van der Waals surface area contributed by atoms with E-state index >= 15 is 0 Å². The summed E-state index contributed by atoms with van der Waals surface area (Å²) in [5, 5.41) is 2.87. The molecule has 1 aromatic rings. The van der Waals surface area contributed by atoms with Crippen LogP contribution in [0.15, 0.2) is 24.4 Å². The molecule has 0 radical (unpaired) electrons. The second-order valence-electron chi connectivity index (χ2n) is 5.88. The van der Waals surface area contributed by atoms with Gasteiger partial charge in [-0.1, -0.05) is 19.9 Å². The van der Waals surface area contributed by atoms with Gasteiger partial charge in [-0.3, -0.25) is 14.6 Å². The molecule has 0 bridgehead atoms. The van der Waals surface area contributed by atoms with E-state index in [1.54, 1.807) is 6.20 Å². The average Bonchev–Trinajstić information content (AvgIpc) is 3.34. The zero-order valence-corrected chi connectivity index (χ0v) is 13.5. The molecule has 2 amide bonds. The Balaban J connectivity index is 1.97. The number of carbonyl (C=O) groups excluding carboxylic acids is 2. The number of aromatic nitrogens is 1. The molecule has 0 aliphatic heterocycles. The van der Waals surface area contributed by atoms with Crippen molar-refractivity contribution in [2.45, 2.75) is 46.1 Å². The van der Waals surface area contributed by atoms with Gasteiger partial charge in [0.05, 0.1) is 12.2 Å². The normalized spacial score (nSPS) is 15.2. The molecule has 1 fully saturated rings. The fraction of sp³-hybridized carbons (Fsp3) is 0.588. The number of hydrogen-bond donors (Lipinski definition) is 1. The Labute approximate surface area is 132 Å². The summed E-state index contributed by atoms with van der Waals surface area (Å²) in [6.07, 6.45) is 4.84. The lowest BCUT2D eigenvalue weighted by Gasteiger charge is -2.26. The minimum atomic E-state index is -0.820. The van der Waals surface area contributed by atoms with Crippen molar-refractivity contribution < 1.29 is 9.59 Å². The van der Waals surface area contributed by atoms with Crippen LogP contribution in [0.5, 0.6) is 0 Å². The van der Waals surface area contributed by atoms with Crippen LogP contribution in [0.1, 0.15) is 45.2 Å². The van der Waals surface area contributed by atoms with Crippen LogP contribution in [0.2, 0.25) is 0 Å². The van der Waals surface area contributed by atoms with Gasteiger partial charge in [0.1, 0.15) is 5.41 Å². The average molecular weight is 303 g/mol. The molecule has 0 saturated heterocycles. The van der Waals surface area contributed by atoms with Crippen LogP contribution < -0.4 is 5.32 Å². The molecule has 1 aliphatic carbocycles. The van der Waals surface area contributed by atoms with Gasteiger partial charge in [-0.05, 0) is 37.8 Å². The first kappa shape index (κ1) is 16.5. The van der Waals surface area contributed by atoms with Crippen LogP contribution in [-0.2, 0) is 16.1 Å². The molecule has 5 heteroatoms. The van der Waals surface area contributed by atoms with Crippen molar-refractivity contribution in [3.63, 3.8) is 0 Å². The molecule has 1 heterocycles. The summed E-state index contributed by atoms with van der Waals surface area (Å²) in [7, 11) is 0. The first-order chi connectivity index (χ1) is 10.6. The van der Waals surface area contributed by atoms with Crippen LogP contribution >= 0.6 is 0 Å². The van der Waals surface area contributed by atoms with Crippen LogP contribution in [0.25, 0.3) is 0 Å². The Morgan fingerprint density at radius 1 is 1.23 bits per heavy atom. The first-order valence-electron chi connectivity index (χ1n) is 8.11. The molecule has 5 nitrogen and oxygen atoms in total. The highest BCUT2D eigenvalue weighted by Gasteiger charge is 2.57. The SMILES string of the molecule is CCCN(CCC)C(=O)C1(C(=O)NCc2ccccn2)CC1. The fourth-order valence-corrected chi connectivity index (χ4v) is 2.66. The highest BCUT2D eigenvalue weighted by molar-refractivity contribution is 6.07. The predicted molar refractivity (Wildman–Crippen MR) is 84.9 cm³/mol. The van der Waals surface area contributed by atoms with Crippen molar-refractivity contribution in [3.8, 4) is 0 Å². The van der Waals surface area contributed by atoms with Crippen molar-refractivity contribution in [2.75, 3.05) is 13.1 Å². The molecule has 1 saturated carbocycles. The molecule has 1 aromatic heterocycles. The van der Waals surface area contributed by atoms with Crippen LogP contribution in [0.4, 0.5) is 0 Å². The van der Waals surface area contributed by atoms with Crippen molar-refractivity contribution in [1.29, 1.82) is 0 Å². The lowest BCUT2D eigenvalue weighted by Crippen LogP contribution is -2.45. The lowest BCUT2D eigenvalue weighted by atomic mass is 10.0. The van der Waals surface area contributed by atoms with Crippen molar-refractivity contribution in [2.24, 2.45) is 5.41 Å². The topological polar surface area (TPSA) is 62.3 Å². The molecular formula is C17H25N3O2. The van der Waals surface area contributed by atoms with Crippen molar-refractivity contribution >= 4 is 11.8 Å². The molecule has 22 heavy (non-hydrogen) atoms. The van der Waals surface area contributed by atoms with Crippen LogP contribution in [-0.4, -0.2) is 34.8 Å². The van der Waals surface area contributed by atoms with Crippen molar-refractivity contribution in [1.82, 2.24) is 15.2 Å². The molecule has 0 aromatic carbocycles. The van der Waals surface area contributed by atoms with E-state index in [-0.39, 0.29) is 11.8 Å². The Hall–Kier alpha value is -1.91. The Morgan fingerprint density at radius 2 is 1.91 bits per heavy atom. The third-order valence-corrected chi connectivity index (χ3v) is 4.02. The zero-order chi connectivity index (χ0) is 16.0. The van der Waals surface area contributed by atoms with Gasteiger partial charge in [-0.2, -0.15) is 0 Å². The van der Waals surface area contributed by atoms with E-state index in [1.807, 2.05) is 23.1 Å². The molecule has 120 valence electrons. The van der Waals surface area contributed by atoms with Crippen LogP contribution in [0.3, 0.4) is 0 Å². The van der Waals surface area contributed by atoms with Crippen molar-refractivity contribution in [3.05, 3.63) is 30.1 Å². The van der Waals surface area contributed by atoms with E-state index in [4.69, 9.17) is 0 Å². The van der Waals surface area contributed by atoms with E-state index in [1.165, 1.54) is 0 Å². The number of hydrogen-bond acceptors (Lipinski definition) is 3. The summed E-state index contributed by atoms with van der Waals surface area (Å²) in [5.41, 5.74) is -0.0165. The number of carbonyl (C=O) groups is 2. The van der Waals surface area contributed by atoms with Gasteiger partial charge in [0.25, 0.3) is 0 Å². The van der Waals surface area contributed by atoms with Gasteiger partial charge < -0.3 is 10.2 Å². The standard InChI is InChI=1S/C17H25N3O2/c1-3-11-20(12-4-2)16(22)17(8-9-17)15(21)19-13-14-7-5-6-10-18-14/h5-7,10H,3-4,8-9,11-13H2,1-2H3,(H,19,21). The van der Waals surface area contributed by atoms with Gasteiger partial charge >= 0.3 is 0 Å². The second kappa shape index (κ2) is 7.38. The number of rotatable bonds is 8. The molecule has 1 N–H and O–H groups in total. The smallest absolute Gasteiger partial charge is 0.238 e. The Bertz CT molecular complexity index is 506. The van der Waals surface area contributed by atoms with Gasteiger partial charge in [0.2, 0.25) is 11.8 Å². The maximum Gasteiger partial charge on any atom is 0.238 e. The summed E-state index contributed by atoms with van der Waals surface area (Å²) in [6, 6.07) is 5.59. The predicted octanol–water partition coefficient (Wildman–Crippen LogP) is 2.13. The largest absolute Gasteiger partial charge is 0.350 e. The van der Waals surface area contributed by atoms with Gasteiger partial charge in [-0.25, -0.2) is 0 Å². The lowest BCUT2D eigenvalue weighted by molar-refractivity contribution is -0.144. The maximum absolute atomic E-state index is 12.7. The van der Waals surface area contributed by atoms with Gasteiger partial charge in [0, 0.05) is 19.3 Å². The second-order valence-corrected chi connectivity index (χ2v) is 5.88. The highest BCUT2D eigenvalue weighted by Crippen LogP contribution is 2.47. The summed E-state index contributed by atoms with van der Waals surface area (Å²) in [6.45, 7) is 5.92. The summed E-state index contributed by atoms with van der Waals surface area (Å²) >= 11 is 0. The van der Waals surface area contributed by atoms with Crippen LogP contribution in [0, 0.1) is 5.41 Å². The Morgan fingerprint density at radius 3 is 2.41 bits per heavy atom. The number of nitrogens with one attached hydrogen (secondary N) is 1. The van der Waals surface area contributed by atoms with E-state index < -0.39 is 5.41 Å². The molecule has 2 rings (SSSR count). The maximum atomic E-state index is 12.7. The highest BCUT2D eigenvalue weighted by atomic mass is 16.2. The zero-order valence-electron chi connectivity index (χ0n) is 13.5.